The van der Waals surface area contributed by atoms with Gasteiger partial charge in [-0.3, -0.25) is 0 Å². The summed E-state index contributed by atoms with van der Waals surface area (Å²) in [5.74, 6) is -0.839. The third kappa shape index (κ3) is 4.16. The first-order valence-electron chi connectivity index (χ1n) is 2.25. The van der Waals surface area contributed by atoms with Crippen molar-refractivity contribution in [3.8, 4) is 0 Å². The zero-order valence-corrected chi connectivity index (χ0v) is 6.79. The summed E-state index contributed by atoms with van der Waals surface area (Å²) in [6, 6.07) is 0. The Labute approximate surface area is 56.2 Å². The number of hydrogen-bond donors (Lipinski definition) is 2. The molecule has 48 valence electrons. The van der Waals surface area contributed by atoms with Crippen LogP contribution in [0.25, 0.3) is 0 Å². The molecule has 0 amide bonds. The molecule has 0 spiro atoms. The summed E-state index contributed by atoms with van der Waals surface area (Å²) in [7, 11) is 0. The van der Waals surface area contributed by atoms with E-state index < -0.39 is 5.97 Å². The van der Waals surface area contributed by atoms with Gasteiger partial charge in [-0.15, -0.1) is 0 Å². The number of carbonyl (C=O) groups is 1. The fourth-order valence-corrected chi connectivity index (χ4v) is 0.712. The molecule has 2 unspecified atom stereocenters. The molecule has 0 heterocycles. The van der Waals surface area contributed by atoms with E-state index in [9.17, 15) is 4.79 Å². The summed E-state index contributed by atoms with van der Waals surface area (Å²) in [6.07, 6.45) is 0.0799. The van der Waals surface area contributed by atoms with Crippen molar-refractivity contribution in [2.24, 2.45) is 0 Å². The van der Waals surface area contributed by atoms with Crippen LogP contribution in [0.3, 0.4) is 0 Å². The SMILES string of the molecule is O=C(O)CC([AsH2])CO. The monoisotopic (exact) mass is 180 g/mol. The molecule has 0 saturated carbocycles. The molecule has 4 heteroatoms. The Kier molecular flexibility index (Phi) is 3.92. The van der Waals surface area contributed by atoms with Crippen LogP contribution in [0.2, 0.25) is 4.71 Å². The third-order valence-corrected chi connectivity index (χ3v) is 1.61. The van der Waals surface area contributed by atoms with E-state index in [1.807, 2.05) is 0 Å². The topological polar surface area (TPSA) is 57.5 Å². The number of carboxylic acids is 1. The molecule has 0 saturated heterocycles. The van der Waals surface area contributed by atoms with E-state index in [1.165, 1.54) is 16.9 Å². The van der Waals surface area contributed by atoms with Crippen LogP contribution in [0, 0.1) is 0 Å². The minimum absolute atomic E-state index is 0.0215. The fraction of sp³-hybridized carbons (Fsp3) is 0.750. The maximum atomic E-state index is 9.87. The summed E-state index contributed by atoms with van der Waals surface area (Å²) in [6.45, 7) is -0.0215. The van der Waals surface area contributed by atoms with Crippen LogP contribution in [0.1, 0.15) is 6.42 Å². The van der Waals surface area contributed by atoms with Gasteiger partial charge >= 0.3 is 55.6 Å². The summed E-state index contributed by atoms with van der Waals surface area (Å²) in [5.41, 5.74) is 0. The zero-order valence-electron chi connectivity index (χ0n) is 4.37. The molecule has 0 aromatic heterocycles. The first-order chi connectivity index (χ1) is 3.66. The Hall–Kier alpha value is -0.0116. The molecular formula is C4H9AsO3. The van der Waals surface area contributed by atoms with Crippen LogP contribution in [0.5, 0.6) is 0 Å². The van der Waals surface area contributed by atoms with Crippen molar-refractivity contribution >= 4 is 22.8 Å². The number of aliphatic hydroxyl groups excluding tert-OH is 1. The van der Waals surface area contributed by atoms with Gasteiger partial charge in [0.15, 0.2) is 0 Å². The van der Waals surface area contributed by atoms with E-state index in [1.54, 1.807) is 0 Å². The molecule has 2 N–H and O–H groups in total. The van der Waals surface area contributed by atoms with Gasteiger partial charge in [0, 0.05) is 0 Å². The standard InChI is InChI=1S/C4H9AsO3/c5-3(2-6)1-4(7)8/h3,6H,1-2,5H2,(H,7,8). The van der Waals surface area contributed by atoms with Crippen molar-refractivity contribution in [3.05, 3.63) is 0 Å². The molecule has 0 aromatic carbocycles. The number of hydrogen-bond acceptors (Lipinski definition) is 2. The molecule has 0 aliphatic carbocycles. The van der Waals surface area contributed by atoms with Crippen LogP contribution in [-0.2, 0) is 4.79 Å². The van der Waals surface area contributed by atoms with Gasteiger partial charge in [0.05, 0.1) is 0 Å². The second-order valence-corrected chi connectivity index (χ2v) is 3.52. The Bertz CT molecular complexity index is 83.4. The van der Waals surface area contributed by atoms with E-state index in [2.05, 4.69) is 0 Å². The molecule has 8 heavy (non-hydrogen) atoms. The molecule has 0 radical (unpaired) electrons. The van der Waals surface area contributed by atoms with Gasteiger partial charge in [0.25, 0.3) is 0 Å². The number of rotatable bonds is 3. The van der Waals surface area contributed by atoms with E-state index in [0.29, 0.717) is 0 Å². The maximum absolute atomic E-state index is 9.87. The Balaban J connectivity index is 3.24. The Morgan fingerprint density at radius 3 is 2.38 bits per heavy atom. The van der Waals surface area contributed by atoms with Crippen molar-refractivity contribution < 1.29 is 15.0 Å². The molecular weight excluding hydrogens is 171 g/mol. The molecule has 2 atom stereocenters. The van der Waals surface area contributed by atoms with Crippen LogP contribution >= 0.6 is 0 Å². The zero-order chi connectivity index (χ0) is 6.57. The average molecular weight is 180 g/mol. The fourth-order valence-electron chi connectivity index (χ4n) is 0.289. The van der Waals surface area contributed by atoms with Gasteiger partial charge in [-0.2, -0.15) is 0 Å². The summed E-state index contributed by atoms with van der Waals surface area (Å²) >= 11 is 1.27. The summed E-state index contributed by atoms with van der Waals surface area (Å²) in [4.78, 5) is 9.87. The second kappa shape index (κ2) is 3.93. The quantitative estimate of drug-likeness (QED) is 0.540. The van der Waals surface area contributed by atoms with Gasteiger partial charge in [0.2, 0.25) is 0 Å². The van der Waals surface area contributed by atoms with E-state index >= 15 is 0 Å². The molecule has 0 rings (SSSR count). The van der Waals surface area contributed by atoms with Gasteiger partial charge in [0.1, 0.15) is 0 Å². The van der Waals surface area contributed by atoms with Gasteiger partial charge < -0.3 is 0 Å². The Morgan fingerprint density at radius 1 is 1.75 bits per heavy atom. The minimum atomic E-state index is -0.839. The number of aliphatic carboxylic acids is 1. The van der Waals surface area contributed by atoms with Crippen molar-refractivity contribution in [1.29, 1.82) is 0 Å². The predicted molar refractivity (Wildman–Crippen MR) is 31.6 cm³/mol. The summed E-state index contributed by atoms with van der Waals surface area (Å²) < 4.78 is -0.0556. The first kappa shape index (κ1) is 7.99. The molecule has 0 fully saturated rings. The van der Waals surface area contributed by atoms with Gasteiger partial charge in [-0.25, -0.2) is 0 Å². The van der Waals surface area contributed by atoms with Crippen LogP contribution in [-0.4, -0.2) is 39.6 Å². The first-order valence-corrected chi connectivity index (χ1v) is 3.65. The second-order valence-electron chi connectivity index (χ2n) is 1.54. The van der Waals surface area contributed by atoms with Gasteiger partial charge in [-0.05, 0) is 0 Å². The molecule has 3 nitrogen and oxygen atoms in total. The van der Waals surface area contributed by atoms with Crippen molar-refractivity contribution in [1.82, 2.24) is 0 Å². The van der Waals surface area contributed by atoms with Crippen LogP contribution in [0.15, 0.2) is 0 Å². The van der Waals surface area contributed by atoms with Crippen molar-refractivity contribution in [2.75, 3.05) is 6.61 Å². The van der Waals surface area contributed by atoms with E-state index in [-0.39, 0.29) is 17.7 Å². The average Bonchev–Trinajstić information content (AvgIpc) is 1.65. The third-order valence-electron chi connectivity index (χ3n) is 0.671. The van der Waals surface area contributed by atoms with Crippen LogP contribution in [0.4, 0.5) is 0 Å². The van der Waals surface area contributed by atoms with Crippen molar-refractivity contribution in [3.63, 3.8) is 0 Å². The predicted octanol–water partition coefficient (Wildman–Crippen LogP) is -1.13. The van der Waals surface area contributed by atoms with E-state index in [0.717, 1.165) is 0 Å². The molecule has 0 aliphatic rings. The van der Waals surface area contributed by atoms with E-state index in [4.69, 9.17) is 10.2 Å². The number of aliphatic hydroxyl groups is 1. The van der Waals surface area contributed by atoms with Crippen molar-refractivity contribution in [2.45, 2.75) is 11.1 Å². The molecule has 0 aliphatic heterocycles. The normalized spacial score (nSPS) is 13.2. The number of carboxylic acid groups (broad SMARTS) is 1. The Morgan fingerprint density at radius 2 is 2.25 bits per heavy atom. The molecule has 0 aromatic rings. The van der Waals surface area contributed by atoms with Crippen LogP contribution < -0.4 is 0 Å². The van der Waals surface area contributed by atoms with Gasteiger partial charge in [-0.1, -0.05) is 0 Å². The summed E-state index contributed by atoms with van der Waals surface area (Å²) in [5, 5.41) is 16.4. The molecule has 0 bridgehead atoms.